The maximum atomic E-state index is 13.5. The standard InChI is InChI=1S/C30H25NO4/c1-18(32)21-13-8-14-22(17-21)31-29(33)27-23-15-16-24(28(27)30(34)35)26(23)25(19-9-4-2-5-10-19)20-11-6-3-7-12-20/h2-17,23-24,27-28H,1H3,(H,31,33)(H,34,35)/p-1/t23-,24+,27+,28+/m0/s1. The van der Waals surface area contributed by atoms with Crippen molar-refractivity contribution in [1.29, 1.82) is 0 Å². The van der Waals surface area contributed by atoms with E-state index in [-0.39, 0.29) is 11.7 Å². The number of anilines is 1. The number of nitrogens with one attached hydrogen (secondary N) is 1. The summed E-state index contributed by atoms with van der Waals surface area (Å²) in [6.07, 6.45) is 3.84. The van der Waals surface area contributed by atoms with Crippen LogP contribution in [0.1, 0.15) is 28.4 Å². The lowest BCUT2D eigenvalue weighted by molar-refractivity contribution is -0.313. The van der Waals surface area contributed by atoms with E-state index in [0.717, 1.165) is 22.3 Å². The zero-order valence-corrected chi connectivity index (χ0v) is 19.2. The Labute approximate surface area is 203 Å². The number of amides is 1. The number of hydrogen-bond acceptors (Lipinski definition) is 4. The van der Waals surface area contributed by atoms with Crippen LogP contribution in [0.2, 0.25) is 0 Å². The third-order valence-electron chi connectivity index (χ3n) is 6.93. The molecule has 0 radical (unpaired) electrons. The van der Waals surface area contributed by atoms with E-state index >= 15 is 0 Å². The van der Waals surface area contributed by atoms with E-state index in [4.69, 9.17) is 0 Å². The summed E-state index contributed by atoms with van der Waals surface area (Å²) in [7, 11) is 0. The first-order valence-corrected chi connectivity index (χ1v) is 11.6. The number of hydrogen-bond donors (Lipinski definition) is 1. The van der Waals surface area contributed by atoms with Crippen molar-refractivity contribution in [3.8, 4) is 0 Å². The molecule has 0 unspecified atom stereocenters. The van der Waals surface area contributed by atoms with Gasteiger partial charge in [0.1, 0.15) is 0 Å². The highest BCUT2D eigenvalue weighted by atomic mass is 16.4. The summed E-state index contributed by atoms with van der Waals surface area (Å²) >= 11 is 0. The number of Topliss-reactive ketones (excluding diaryl/α,β-unsaturated/α-hetero) is 1. The van der Waals surface area contributed by atoms with Crippen LogP contribution in [-0.2, 0) is 9.59 Å². The fourth-order valence-electron chi connectivity index (χ4n) is 5.45. The van der Waals surface area contributed by atoms with Gasteiger partial charge in [0.25, 0.3) is 0 Å². The molecule has 0 aliphatic heterocycles. The number of carboxylic acid groups (broad SMARTS) is 1. The summed E-state index contributed by atoms with van der Waals surface area (Å²) < 4.78 is 0. The molecule has 3 aromatic rings. The number of rotatable bonds is 6. The maximum Gasteiger partial charge on any atom is 0.229 e. The molecule has 0 spiro atoms. The number of benzene rings is 3. The topological polar surface area (TPSA) is 86.3 Å². The molecule has 5 rings (SSSR count). The molecular formula is C30H24NO4-. The Morgan fingerprint density at radius 2 is 1.26 bits per heavy atom. The largest absolute Gasteiger partial charge is 0.550 e. The Morgan fingerprint density at radius 3 is 1.80 bits per heavy atom. The third kappa shape index (κ3) is 4.10. The molecule has 1 amide bonds. The molecule has 1 fully saturated rings. The Bertz CT molecular complexity index is 1320. The second-order valence-electron chi connectivity index (χ2n) is 9.00. The van der Waals surface area contributed by atoms with Gasteiger partial charge in [0, 0.05) is 35.0 Å². The fraction of sp³-hybridized carbons (Fsp3) is 0.167. The summed E-state index contributed by atoms with van der Waals surface area (Å²) in [5.41, 5.74) is 4.76. The van der Waals surface area contributed by atoms with Crippen molar-refractivity contribution in [3.63, 3.8) is 0 Å². The Hall–Kier alpha value is -4.25. The van der Waals surface area contributed by atoms with Crippen LogP contribution < -0.4 is 10.4 Å². The molecule has 2 bridgehead atoms. The molecule has 3 aromatic carbocycles. The van der Waals surface area contributed by atoms with Crippen LogP contribution in [0.3, 0.4) is 0 Å². The number of aliphatic carboxylic acids is 1. The van der Waals surface area contributed by atoms with Crippen LogP contribution in [0.25, 0.3) is 5.57 Å². The van der Waals surface area contributed by atoms with Gasteiger partial charge < -0.3 is 15.2 Å². The molecule has 0 saturated heterocycles. The first kappa shape index (κ1) is 22.5. The van der Waals surface area contributed by atoms with Crippen LogP contribution in [-0.4, -0.2) is 17.7 Å². The van der Waals surface area contributed by atoms with Gasteiger partial charge in [0.15, 0.2) is 5.78 Å². The minimum atomic E-state index is -1.24. The van der Waals surface area contributed by atoms with Gasteiger partial charge in [-0.25, -0.2) is 0 Å². The highest BCUT2D eigenvalue weighted by Crippen LogP contribution is 2.55. The first-order chi connectivity index (χ1) is 17.0. The van der Waals surface area contributed by atoms with Crippen molar-refractivity contribution in [1.82, 2.24) is 0 Å². The van der Waals surface area contributed by atoms with E-state index in [9.17, 15) is 19.5 Å². The average molecular weight is 463 g/mol. The lowest BCUT2D eigenvalue weighted by atomic mass is 9.82. The molecule has 5 nitrogen and oxygen atoms in total. The van der Waals surface area contributed by atoms with E-state index in [1.54, 1.807) is 24.3 Å². The van der Waals surface area contributed by atoms with Crippen molar-refractivity contribution in [3.05, 3.63) is 119 Å². The van der Waals surface area contributed by atoms with Crippen molar-refractivity contribution in [2.45, 2.75) is 6.92 Å². The number of carbonyl (C=O) groups excluding carboxylic acids is 3. The van der Waals surface area contributed by atoms with Gasteiger partial charge in [-0.1, -0.05) is 84.9 Å². The number of carbonyl (C=O) groups is 3. The van der Waals surface area contributed by atoms with Gasteiger partial charge in [-0.3, -0.25) is 9.59 Å². The molecule has 35 heavy (non-hydrogen) atoms. The predicted molar refractivity (Wildman–Crippen MR) is 132 cm³/mol. The number of ketones is 1. The normalized spacial score (nSPS) is 22.1. The lowest BCUT2D eigenvalue weighted by Crippen LogP contribution is -2.42. The van der Waals surface area contributed by atoms with Crippen LogP contribution in [0.4, 0.5) is 5.69 Å². The monoisotopic (exact) mass is 462 g/mol. The number of carboxylic acids is 1. The molecule has 0 heterocycles. The van der Waals surface area contributed by atoms with Gasteiger partial charge in [0.2, 0.25) is 5.91 Å². The summed E-state index contributed by atoms with van der Waals surface area (Å²) in [6.45, 7) is 1.46. The quantitative estimate of drug-likeness (QED) is 0.441. The van der Waals surface area contributed by atoms with Crippen LogP contribution in [0.5, 0.6) is 0 Å². The molecule has 174 valence electrons. The van der Waals surface area contributed by atoms with E-state index < -0.39 is 29.6 Å². The highest BCUT2D eigenvalue weighted by molar-refractivity contribution is 6.00. The molecular weight excluding hydrogens is 438 g/mol. The number of allylic oxidation sites excluding steroid dienone is 3. The molecule has 2 aliphatic rings. The Morgan fingerprint density at radius 1 is 0.714 bits per heavy atom. The Balaban J connectivity index is 1.60. The van der Waals surface area contributed by atoms with E-state index in [0.29, 0.717) is 11.3 Å². The minimum Gasteiger partial charge on any atom is -0.550 e. The van der Waals surface area contributed by atoms with Crippen molar-refractivity contribution in [2.75, 3.05) is 5.32 Å². The zero-order valence-electron chi connectivity index (χ0n) is 19.2. The van der Waals surface area contributed by atoms with E-state index in [1.807, 2.05) is 72.8 Å². The minimum absolute atomic E-state index is 0.114. The summed E-state index contributed by atoms with van der Waals surface area (Å²) in [5, 5.41) is 15.2. The van der Waals surface area contributed by atoms with Gasteiger partial charge in [0.05, 0.1) is 5.92 Å². The van der Waals surface area contributed by atoms with Crippen LogP contribution in [0, 0.1) is 23.7 Å². The molecule has 5 heteroatoms. The summed E-state index contributed by atoms with van der Waals surface area (Å²) in [4.78, 5) is 37.6. The average Bonchev–Trinajstić information content (AvgIpc) is 3.42. The Kier molecular flexibility index (Phi) is 5.91. The fourth-order valence-corrected chi connectivity index (χ4v) is 5.45. The second kappa shape index (κ2) is 9.18. The summed E-state index contributed by atoms with van der Waals surface area (Å²) in [5.74, 6) is -4.38. The molecule has 2 aliphatic carbocycles. The smallest absolute Gasteiger partial charge is 0.229 e. The van der Waals surface area contributed by atoms with Gasteiger partial charge in [-0.2, -0.15) is 0 Å². The number of fused-ring (bicyclic) bond motifs is 2. The maximum absolute atomic E-state index is 13.5. The first-order valence-electron chi connectivity index (χ1n) is 11.6. The van der Waals surface area contributed by atoms with Crippen LogP contribution in [0.15, 0.2) is 103 Å². The third-order valence-corrected chi connectivity index (χ3v) is 6.93. The zero-order chi connectivity index (χ0) is 24.5. The molecule has 1 saturated carbocycles. The highest BCUT2D eigenvalue weighted by Gasteiger charge is 2.53. The van der Waals surface area contributed by atoms with Gasteiger partial charge >= 0.3 is 0 Å². The summed E-state index contributed by atoms with van der Waals surface area (Å²) in [6, 6.07) is 26.4. The molecule has 0 aromatic heterocycles. The van der Waals surface area contributed by atoms with Crippen molar-refractivity contribution >= 4 is 28.9 Å². The van der Waals surface area contributed by atoms with Crippen LogP contribution >= 0.6 is 0 Å². The SMILES string of the molecule is CC(=O)c1cccc(NC(=O)[C@H]2[C@H](C(=O)[O-])[C@@H]3C=C[C@H]2C3=C(c2ccccc2)c2ccccc2)c1. The predicted octanol–water partition coefficient (Wildman–Crippen LogP) is 4.13. The molecule has 1 N–H and O–H groups in total. The van der Waals surface area contributed by atoms with Crippen molar-refractivity contribution < 1.29 is 19.5 Å². The second-order valence-corrected chi connectivity index (χ2v) is 9.00. The van der Waals surface area contributed by atoms with Crippen molar-refractivity contribution in [2.24, 2.45) is 23.7 Å². The van der Waals surface area contributed by atoms with Gasteiger partial charge in [-0.15, -0.1) is 0 Å². The molecule has 4 atom stereocenters. The van der Waals surface area contributed by atoms with E-state index in [1.165, 1.54) is 6.92 Å². The lowest BCUT2D eigenvalue weighted by Gasteiger charge is -2.27. The van der Waals surface area contributed by atoms with Gasteiger partial charge in [-0.05, 0) is 41.3 Å². The van der Waals surface area contributed by atoms with E-state index in [2.05, 4.69) is 5.32 Å².